The number of ketones is 1. The van der Waals surface area contributed by atoms with Gasteiger partial charge in [-0.3, -0.25) is 14.3 Å². The summed E-state index contributed by atoms with van der Waals surface area (Å²) in [5.41, 5.74) is 2.69. The van der Waals surface area contributed by atoms with E-state index in [9.17, 15) is 4.79 Å². The lowest BCUT2D eigenvalue weighted by Crippen LogP contribution is -2.07. The number of rotatable bonds is 7. The SMILES string of the molecule is O=C(CSc1nnc(-c2ccncc2)n1Cc1ccccc1)c1ccc(Cl)cc1. The van der Waals surface area contributed by atoms with Crippen LogP contribution in [0.3, 0.4) is 0 Å². The van der Waals surface area contributed by atoms with E-state index < -0.39 is 0 Å². The van der Waals surface area contributed by atoms with Crippen molar-refractivity contribution >= 4 is 29.1 Å². The first-order valence-corrected chi connectivity index (χ1v) is 10.4. The highest BCUT2D eigenvalue weighted by Crippen LogP contribution is 2.25. The molecule has 0 atom stereocenters. The number of hydrogen-bond acceptors (Lipinski definition) is 5. The number of hydrogen-bond donors (Lipinski definition) is 0. The van der Waals surface area contributed by atoms with E-state index in [1.165, 1.54) is 11.8 Å². The average Bonchev–Trinajstić information content (AvgIpc) is 3.16. The minimum absolute atomic E-state index is 0.0198. The monoisotopic (exact) mass is 420 g/mol. The minimum atomic E-state index is 0.0198. The molecule has 2 heterocycles. The number of Topliss-reactive ketones (excluding diaryl/α,β-unsaturated/α-hetero) is 1. The average molecular weight is 421 g/mol. The summed E-state index contributed by atoms with van der Waals surface area (Å²) < 4.78 is 2.03. The first-order chi connectivity index (χ1) is 14.2. The zero-order chi connectivity index (χ0) is 20.1. The quantitative estimate of drug-likeness (QED) is 0.310. The van der Waals surface area contributed by atoms with Crippen LogP contribution in [0.4, 0.5) is 0 Å². The Bertz CT molecular complexity index is 1100. The highest BCUT2D eigenvalue weighted by molar-refractivity contribution is 7.99. The van der Waals surface area contributed by atoms with E-state index in [0.717, 1.165) is 17.0 Å². The Hall–Kier alpha value is -2.96. The van der Waals surface area contributed by atoms with Crippen molar-refractivity contribution in [2.24, 2.45) is 0 Å². The molecule has 144 valence electrons. The number of carbonyl (C=O) groups is 1. The van der Waals surface area contributed by atoms with Gasteiger partial charge in [-0.25, -0.2) is 0 Å². The lowest BCUT2D eigenvalue weighted by Gasteiger charge is -2.10. The smallest absolute Gasteiger partial charge is 0.192 e. The second-order valence-electron chi connectivity index (χ2n) is 6.33. The van der Waals surface area contributed by atoms with Crippen LogP contribution < -0.4 is 0 Å². The first kappa shape index (κ1) is 19.4. The molecule has 0 aliphatic rings. The molecule has 29 heavy (non-hydrogen) atoms. The Morgan fingerprint density at radius 1 is 0.931 bits per heavy atom. The van der Waals surface area contributed by atoms with E-state index in [1.807, 2.05) is 34.9 Å². The maximum Gasteiger partial charge on any atom is 0.192 e. The van der Waals surface area contributed by atoms with Gasteiger partial charge in [0.15, 0.2) is 16.8 Å². The lowest BCUT2D eigenvalue weighted by atomic mass is 10.1. The molecular weight excluding hydrogens is 404 g/mol. The Morgan fingerprint density at radius 2 is 1.66 bits per heavy atom. The summed E-state index contributed by atoms with van der Waals surface area (Å²) in [7, 11) is 0. The van der Waals surface area contributed by atoms with E-state index >= 15 is 0 Å². The van der Waals surface area contributed by atoms with Crippen LogP contribution in [0.2, 0.25) is 5.02 Å². The summed E-state index contributed by atoms with van der Waals surface area (Å²) in [5, 5.41) is 10.0. The molecule has 0 unspecified atom stereocenters. The molecular formula is C22H17ClN4OS. The molecule has 0 aliphatic carbocycles. The summed E-state index contributed by atoms with van der Waals surface area (Å²) in [5.74, 6) is 1.04. The molecule has 0 N–H and O–H groups in total. The van der Waals surface area contributed by atoms with Gasteiger partial charge in [-0.1, -0.05) is 53.7 Å². The molecule has 5 nitrogen and oxygen atoms in total. The summed E-state index contributed by atoms with van der Waals surface area (Å²) in [4.78, 5) is 16.6. The van der Waals surface area contributed by atoms with E-state index in [2.05, 4.69) is 27.3 Å². The topological polar surface area (TPSA) is 60.7 Å². The minimum Gasteiger partial charge on any atom is -0.298 e. The van der Waals surface area contributed by atoms with Gasteiger partial charge in [0, 0.05) is 28.5 Å². The highest BCUT2D eigenvalue weighted by atomic mass is 35.5. The first-order valence-electron chi connectivity index (χ1n) is 9.00. The predicted molar refractivity (Wildman–Crippen MR) is 115 cm³/mol. The largest absolute Gasteiger partial charge is 0.298 e. The van der Waals surface area contributed by atoms with Crippen molar-refractivity contribution < 1.29 is 4.79 Å². The Kier molecular flexibility index (Phi) is 6.03. The molecule has 0 saturated carbocycles. The van der Waals surface area contributed by atoms with Crippen LogP contribution in [0.15, 0.2) is 84.3 Å². The van der Waals surface area contributed by atoms with Gasteiger partial charge in [-0.05, 0) is 42.0 Å². The Morgan fingerprint density at radius 3 is 2.38 bits per heavy atom. The summed E-state index contributed by atoms with van der Waals surface area (Å²) in [6, 6.07) is 20.8. The fourth-order valence-electron chi connectivity index (χ4n) is 2.87. The molecule has 7 heteroatoms. The van der Waals surface area contributed by atoms with Crippen molar-refractivity contribution in [1.29, 1.82) is 0 Å². The van der Waals surface area contributed by atoms with Gasteiger partial charge in [0.1, 0.15) is 0 Å². The third kappa shape index (κ3) is 4.72. The van der Waals surface area contributed by atoms with Crippen LogP contribution in [-0.4, -0.2) is 31.3 Å². The number of benzene rings is 2. The maximum atomic E-state index is 12.5. The van der Waals surface area contributed by atoms with Crippen molar-refractivity contribution in [2.75, 3.05) is 5.75 Å². The van der Waals surface area contributed by atoms with Crippen LogP contribution in [0.25, 0.3) is 11.4 Å². The Labute approximate surface area is 177 Å². The maximum absolute atomic E-state index is 12.5. The standard InChI is InChI=1S/C22H17ClN4OS/c23-19-8-6-17(7-9-19)20(28)15-29-22-26-25-21(18-10-12-24-13-11-18)27(22)14-16-4-2-1-3-5-16/h1-13H,14-15H2. The van der Waals surface area contributed by atoms with Crippen LogP contribution >= 0.6 is 23.4 Å². The van der Waals surface area contributed by atoms with E-state index in [0.29, 0.717) is 22.3 Å². The number of halogens is 1. The van der Waals surface area contributed by atoms with E-state index in [-0.39, 0.29) is 11.5 Å². The van der Waals surface area contributed by atoms with Crippen LogP contribution in [0, 0.1) is 0 Å². The van der Waals surface area contributed by atoms with Gasteiger partial charge in [0.05, 0.1) is 12.3 Å². The normalized spacial score (nSPS) is 10.8. The summed E-state index contributed by atoms with van der Waals surface area (Å²) in [6.07, 6.45) is 3.46. The zero-order valence-electron chi connectivity index (χ0n) is 15.4. The van der Waals surface area contributed by atoms with Crippen LogP contribution in [0.1, 0.15) is 15.9 Å². The van der Waals surface area contributed by atoms with Gasteiger partial charge in [-0.15, -0.1) is 10.2 Å². The van der Waals surface area contributed by atoms with Crippen molar-refractivity contribution in [3.8, 4) is 11.4 Å². The van der Waals surface area contributed by atoms with Crippen molar-refractivity contribution in [2.45, 2.75) is 11.7 Å². The molecule has 0 spiro atoms. The number of nitrogens with zero attached hydrogens (tertiary/aromatic N) is 4. The number of carbonyl (C=O) groups excluding carboxylic acids is 1. The van der Waals surface area contributed by atoms with Crippen molar-refractivity contribution in [3.63, 3.8) is 0 Å². The zero-order valence-corrected chi connectivity index (χ0v) is 17.0. The highest BCUT2D eigenvalue weighted by Gasteiger charge is 2.16. The third-order valence-corrected chi connectivity index (χ3v) is 5.56. The molecule has 0 amide bonds. The fourth-order valence-corrected chi connectivity index (χ4v) is 3.83. The lowest BCUT2D eigenvalue weighted by molar-refractivity contribution is 0.102. The van der Waals surface area contributed by atoms with Crippen molar-refractivity contribution in [3.05, 3.63) is 95.3 Å². The van der Waals surface area contributed by atoms with Gasteiger partial charge in [-0.2, -0.15) is 0 Å². The molecule has 2 aromatic carbocycles. The molecule has 4 rings (SSSR count). The molecule has 0 aliphatic heterocycles. The third-order valence-electron chi connectivity index (χ3n) is 4.34. The van der Waals surface area contributed by atoms with E-state index in [4.69, 9.17) is 11.6 Å². The number of aromatic nitrogens is 4. The van der Waals surface area contributed by atoms with Gasteiger partial charge in [0.25, 0.3) is 0 Å². The second-order valence-corrected chi connectivity index (χ2v) is 7.71. The fraction of sp³-hybridized carbons (Fsp3) is 0.0909. The summed E-state index contributed by atoms with van der Waals surface area (Å²) in [6.45, 7) is 0.614. The molecule has 2 aromatic heterocycles. The van der Waals surface area contributed by atoms with Crippen LogP contribution in [0.5, 0.6) is 0 Å². The molecule has 0 radical (unpaired) electrons. The van der Waals surface area contributed by atoms with Crippen molar-refractivity contribution in [1.82, 2.24) is 19.7 Å². The predicted octanol–water partition coefficient (Wildman–Crippen LogP) is 5.02. The Balaban J connectivity index is 1.59. The van der Waals surface area contributed by atoms with Crippen LogP contribution in [-0.2, 0) is 6.54 Å². The molecule has 0 fully saturated rings. The molecule has 4 aromatic rings. The van der Waals surface area contributed by atoms with E-state index in [1.54, 1.807) is 36.7 Å². The second kappa shape index (κ2) is 9.03. The molecule has 0 saturated heterocycles. The van der Waals surface area contributed by atoms with Gasteiger partial charge in [0.2, 0.25) is 0 Å². The number of thioether (sulfide) groups is 1. The summed E-state index contributed by atoms with van der Waals surface area (Å²) >= 11 is 7.29. The van der Waals surface area contributed by atoms with Gasteiger partial charge >= 0.3 is 0 Å². The molecule has 0 bridgehead atoms. The number of pyridine rings is 1. The van der Waals surface area contributed by atoms with Gasteiger partial charge < -0.3 is 0 Å².